The van der Waals surface area contributed by atoms with E-state index >= 15 is 0 Å². The van der Waals surface area contributed by atoms with Crippen molar-refractivity contribution in [1.29, 1.82) is 0 Å². The minimum atomic E-state index is -0.259. The van der Waals surface area contributed by atoms with E-state index in [9.17, 15) is 0 Å². The molecule has 0 aromatic carbocycles. The fraction of sp³-hybridized carbons (Fsp3) is 1.00. The first-order valence-corrected chi connectivity index (χ1v) is 8.94. The number of hydrogen-bond donors (Lipinski definition) is 0. The number of rotatable bonds is 3. The normalized spacial score (nSPS) is 52.1. The predicted octanol–water partition coefficient (Wildman–Crippen LogP) is 0.726. The molecule has 3 aliphatic heterocycles. The zero-order valence-corrected chi connectivity index (χ0v) is 11.2. The lowest BCUT2D eigenvalue weighted by Gasteiger charge is -2.39. The molecular weight excluding hydrogens is 250 g/mol. The number of ether oxygens (including phenoxy) is 5. The van der Waals surface area contributed by atoms with Gasteiger partial charge in [0.1, 0.15) is 24.4 Å². The van der Waals surface area contributed by atoms with Crippen molar-refractivity contribution in [3.05, 3.63) is 0 Å². The van der Waals surface area contributed by atoms with E-state index in [4.69, 9.17) is 23.7 Å². The van der Waals surface area contributed by atoms with Gasteiger partial charge in [0, 0.05) is 7.11 Å². The summed E-state index contributed by atoms with van der Waals surface area (Å²) < 4.78 is 28.0. The second-order valence-corrected chi connectivity index (χ2v) is 7.63. The second-order valence-electron chi connectivity index (χ2n) is 4.00. The van der Waals surface area contributed by atoms with Gasteiger partial charge >= 0.3 is 0 Å². The molecule has 0 aromatic heterocycles. The van der Waals surface area contributed by atoms with Crippen molar-refractivity contribution in [2.45, 2.75) is 36.7 Å². The molecule has 92 valence electrons. The van der Waals surface area contributed by atoms with E-state index in [0.717, 1.165) is 8.27 Å². The van der Waals surface area contributed by atoms with Gasteiger partial charge in [-0.1, -0.05) is 8.27 Å². The maximum atomic E-state index is 5.87. The Morgan fingerprint density at radius 2 is 2.00 bits per heavy atom. The monoisotopic (exact) mass is 266 g/mol. The van der Waals surface area contributed by atoms with Crippen LogP contribution in [-0.4, -0.2) is 57.1 Å². The van der Waals surface area contributed by atoms with Gasteiger partial charge in [-0.25, -0.2) is 0 Å². The Hall–Kier alpha value is 0.660. The van der Waals surface area contributed by atoms with E-state index in [1.165, 1.54) is 0 Å². The summed E-state index contributed by atoms with van der Waals surface area (Å²) in [4.78, 5) is 0. The maximum Gasteiger partial charge on any atom is 0.186 e. The number of fused-ring (bicyclic) bond motifs is 3. The lowest BCUT2D eigenvalue weighted by Crippen LogP contribution is -2.53. The van der Waals surface area contributed by atoms with E-state index in [1.807, 2.05) is 0 Å². The van der Waals surface area contributed by atoms with Crippen molar-refractivity contribution in [2.75, 3.05) is 20.4 Å². The fourth-order valence-corrected chi connectivity index (χ4v) is 4.01. The summed E-state index contributed by atoms with van der Waals surface area (Å²) in [6.07, 6.45) is -0.0862. The molecule has 0 spiro atoms. The SMILES string of the molecule is CO[C@H]1OC2COC(PPC)O[C@H]2C2O[C@@H]21. The zero-order chi connectivity index (χ0) is 11.1. The minimum absolute atomic E-state index is 0.0269. The van der Waals surface area contributed by atoms with Crippen LogP contribution in [0.2, 0.25) is 0 Å². The van der Waals surface area contributed by atoms with E-state index < -0.39 is 0 Å². The molecule has 5 nitrogen and oxygen atoms in total. The van der Waals surface area contributed by atoms with Crippen molar-refractivity contribution in [3.8, 4) is 0 Å². The highest BCUT2D eigenvalue weighted by Gasteiger charge is 2.60. The highest BCUT2D eigenvalue weighted by atomic mass is 32.0. The largest absolute Gasteiger partial charge is 0.361 e. The van der Waals surface area contributed by atoms with Gasteiger partial charge < -0.3 is 23.7 Å². The summed E-state index contributed by atoms with van der Waals surface area (Å²) >= 11 is 0. The fourth-order valence-electron chi connectivity index (χ4n) is 2.20. The second kappa shape index (κ2) is 4.74. The van der Waals surface area contributed by atoms with Crippen LogP contribution in [0.5, 0.6) is 0 Å². The highest BCUT2D eigenvalue weighted by Crippen LogP contribution is 2.46. The average Bonchev–Trinajstić information content (AvgIpc) is 3.09. The summed E-state index contributed by atoms with van der Waals surface area (Å²) in [5.41, 5.74) is 0. The molecule has 8 atom stereocenters. The van der Waals surface area contributed by atoms with E-state index in [0.29, 0.717) is 14.9 Å². The third-order valence-corrected chi connectivity index (χ3v) is 5.42. The van der Waals surface area contributed by atoms with E-state index in [2.05, 4.69) is 6.66 Å². The first kappa shape index (κ1) is 11.7. The lowest BCUT2D eigenvalue weighted by atomic mass is 10.0. The van der Waals surface area contributed by atoms with Crippen LogP contribution in [0, 0.1) is 0 Å². The zero-order valence-electron chi connectivity index (χ0n) is 9.21. The number of methoxy groups -OCH3 is 1. The summed E-state index contributed by atoms with van der Waals surface area (Å²) in [6, 6.07) is -0.0582. The molecule has 0 radical (unpaired) electrons. The Labute approximate surface area is 97.9 Å². The molecule has 0 aromatic rings. The molecule has 3 fully saturated rings. The topological polar surface area (TPSA) is 49.5 Å². The van der Waals surface area contributed by atoms with Gasteiger partial charge in [0.15, 0.2) is 12.3 Å². The summed E-state index contributed by atoms with van der Waals surface area (Å²) in [5, 5.41) is 0. The van der Waals surface area contributed by atoms with Gasteiger partial charge in [-0.2, -0.15) is 0 Å². The van der Waals surface area contributed by atoms with Crippen LogP contribution < -0.4 is 0 Å². The average molecular weight is 266 g/mol. The molecule has 0 saturated carbocycles. The quantitative estimate of drug-likeness (QED) is 0.556. The summed E-state index contributed by atoms with van der Waals surface area (Å²) in [6.45, 7) is 2.74. The van der Waals surface area contributed by atoms with Crippen molar-refractivity contribution in [2.24, 2.45) is 0 Å². The van der Waals surface area contributed by atoms with Crippen LogP contribution >= 0.6 is 16.5 Å². The Bertz CT molecular complexity index is 266. The van der Waals surface area contributed by atoms with E-state index in [-0.39, 0.29) is 36.7 Å². The van der Waals surface area contributed by atoms with Gasteiger partial charge in [0.2, 0.25) is 0 Å². The van der Waals surface area contributed by atoms with Gasteiger partial charge in [-0.05, 0) is 14.9 Å². The molecule has 0 amide bonds. The Kier molecular flexibility index (Phi) is 3.47. The van der Waals surface area contributed by atoms with Crippen LogP contribution in [-0.2, 0) is 23.7 Å². The third kappa shape index (κ3) is 2.04. The van der Waals surface area contributed by atoms with Gasteiger partial charge in [0.25, 0.3) is 0 Å². The molecule has 7 heteroatoms. The lowest BCUT2D eigenvalue weighted by molar-refractivity contribution is -0.278. The summed E-state index contributed by atoms with van der Waals surface area (Å²) in [7, 11) is 3.21. The van der Waals surface area contributed by atoms with Crippen molar-refractivity contribution in [1.82, 2.24) is 0 Å². The summed E-state index contributed by atoms with van der Waals surface area (Å²) in [5.74, 6) is 0. The van der Waals surface area contributed by atoms with Crippen LogP contribution in [0.15, 0.2) is 0 Å². The van der Waals surface area contributed by atoms with Crippen LogP contribution in [0.25, 0.3) is 0 Å². The molecule has 3 rings (SSSR count). The molecule has 3 heterocycles. The Balaban J connectivity index is 1.63. The van der Waals surface area contributed by atoms with E-state index in [1.54, 1.807) is 7.11 Å². The third-order valence-electron chi connectivity index (χ3n) is 3.02. The van der Waals surface area contributed by atoms with Crippen LogP contribution in [0.3, 0.4) is 0 Å². The highest BCUT2D eigenvalue weighted by molar-refractivity contribution is 8.11. The molecule has 5 unspecified atom stereocenters. The van der Waals surface area contributed by atoms with Gasteiger partial charge in [0.05, 0.1) is 6.61 Å². The van der Waals surface area contributed by atoms with Crippen molar-refractivity contribution >= 4 is 16.5 Å². The van der Waals surface area contributed by atoms with Crippen molar-refractivity contribution in [3.63, 3.8) is 0 Å². The predicted molar refractivity (Wildman–Crippen MR) is 61.5 cm³/mol. The van der Waals surface area contributed by atoms with Crippen LogP contribution in [0.4, 0.5) is 0 Å². The smallest absolute Gasteiger partial charge is 0.186 e. The Morgan fingerprint density at radius 1 is 1.12 bits per heavy atom. The van der Waals surface area contributed by atoms with Crippen LogP contribution in [0.1, 0.15) is 0 Å². The molecule has 0 bridgehead atoms. The number of epoxide rings is 1. The maximum absolute atomic E-state index is 5.87. The number of hydrogen-bond acceptors (Lipinski definition) is 5. The van der Waals surface area contributed by atoms with Gasteiger partial charge in [-0.15, -0.1) is 0 Å². The first-order chi connectivity index (χ1) is 7.83. The standard InChI is InChI=1S/C9H16O5P2/c1-10-8-7-6(13-7)5-4(12-8)3-11-9(14-5)16-15-2/h4-9,15-16H,3H2,1-2H3/t4?,5-,6?,7+,8+,9?/m1/s1. The molecular formula is C9H16O5P2. The van der Waals surface area contributed by atoms with Gasteiger partial charge in [-0.3, -0.25) is 0 Å². The molecule has 3 aliphatic rings. The molecule has 0 aliphatic carbocycles. The molecule has 16 heavy (non-hydrogen) atoms. The molecule has 3 saturated heterocycles. The molecule has 0 N–H and O–H groups in total. The minimum Gasteiger partial charge on any atom is -0.361 e. The van der Waals surface area contributed by atoms with Crippen molar-refractivity contribution < 1.29 is 23.7 Å². The first-order valence-electron chi connectivity index (χ1n) is 5.36. The Morgan fingerprint density at radius 3 is 2.75 bits per heavy atom.